The van der Waals surface area contributed by atoms with Gasteiger partial charge in [-0.25, -0.2) is 9.97 Å². The molecule has 128 valence electrons. The number of carbonyl (C=O) groups is 1. The molecule has 5 nitrogen and oxygen atoms in total. The van der Waals surface area contributed by atoms with Crippen LogP contribution in [0.1, 0.15) is 33.6 Å². The molecule has 1 aromatic carbocycles. The summed E-state index contributed by atoms with van der Waals surface area (Å²) in [5.74, 6) is 0.946. The molecule has 1 fully saturated rings. The first-order valence-corrected chi connectivity index (χ1v) is 8.68. The zero-order chi connectivity index (χ0) is 17.3. The smallest absolute Gasteiger partial charge is 0.225 e. The molecule has 1 aliphatic heterocycles. The number of hydrogen-bond acceptors (Lipinski definition) is 4. The Morgan fingerprint density at radius 1 is 1.33 bits per heavy atom. The minimum atomic E-state index is -0.214. The van der Waals surface area contributed by atoms with Crippen molar-refractivity contribution in [2.24, 2.45) is 5.92 Å². The fourth-order valence-electron chi connectivity index (χ4n) is 3.12. The Bertz CT molecular complexity index is 756. The van der Waals surface area contributed by atoms with Crippen molar-refractivity contribution >= 4 is 34.2 Å². The van der Waals surface area contributed by atoms with E-state index >= 15 is 0 Å². The molecule has 0 aliphatic carbocycles. The Morgan fingerprint density at radius 3 is 2.88 bits per heavy atom. The highest BCUT2D eigenvalue weighted by molar-refractivity contribution is 6.31. The Balaban J connectivity index is 1.85. The molecule has 1 N–H and O–H groups in total. The molecule has 1 saturated heterocycles. The molecule has 1 aromatic heterocycles. The summed E-state index contributed by atoms with van der Waals surface area (Å²) in [6.45, 7) is 7.57. The third kappa shape index (κ3) is 3.78. The summed E-state index contributed by atoms with van der Waals surface area (Å²) in [7, 11) is 0. The van der Waals surface area contributed by atoms with Crippen LogP contribution >= 0.6 is 11.6 Å². The highest BCUT2D eigenvalue weighted by Crippen LogP contribution is 2.29. The van der Waals surface area contributed by atoms with E-state index in [9.17, 15) is 4.79 Å². The summed E-state index contributed by atoms with van der Waals surface area (Å²) in [6.07, 6.45) is 3.45. The molecule has 24 heavy (non-hydrogen) atoms. The lowest BCUT2D eigenvalue weighted by Crippen LogP contribution is -2.48. The first kappa shape index (κ1) is 17.0. The molecule has 0 radical (unpaired) electrons. The summed E-state index contributed by atoms with van der Waals surface area (Å²) in [6, 6.07) is 5.62. The number of benzene rings is 1. The zero-order valence-electron chi connectivity index (χ0n) is 14.3. The lowest BCUT2D eigenvalue weighted by molar-refractivity contribution is -0.126. The molecule has 3 rings (SSSR count). The van der Waals surface area contributed by atoms with Crippen LogP contribution in [0.2, 0.25) is 5.02 Å². The normalized spacial score (nSPS) is 18.7. The lowest BCUT2D eigenvalue weighted by Gasteiger charge is -2.34. The summed E-state index contributed by atoms with van der Waals surface area (Å²) in [5, 5.41) is 4.68. The van der Waals surface area contributed by atoms with E-state index < -0.39 is 0 Å². The second-order valence-electron chi connectivity index (χ2n) is 7.38. The van der Waals surface area contributed by atoms with Gasteiger partial charge < -0.3 is 10.2 Å². The summed E-state index contributed by atoms with van der Waals surface area (Å²) in [4.78, 5) is 23.5. The number of nitrogens with one attached hydrogen (secondary N) is 1. The quantitative estimate of drug-likeness (QED) is 0.905. The van der Waals surface area contributed by atoms with Crippen LogP contribution in [0.25, 0.3) is 10.9 Å². The van der Waals surface area contributed by atoms with Gasteiger partial charge in [0.25, 0.3) is 0 Å². The van der Waals surface area contributed by atoms with E-state index in [0.29, 0.717) is 11.6 Å². The van der Waals surface area contributed by atoms with Crippen molar-refractivity contribution in [3.8, 4) is 0 Å². The molecule has 1 unspecified atom stereocenters. The highest BCUT2D eigenvalue weighted by Gasteiger charge is 2.29. The number of nitrogens with zero attached hydrogens (tertiary/aromatic N) is 3. The number of anilines is 1. The number of hydrogen-bond donors (Lipinski definition) is 1. The van der Waals surface area contributed by atoms with E-state index in [1.165, 1.54) is 0 Å². The first-order valence-electron chi connectivity index (χ1n) is 8.31. The monoisotopic (exact) mass is 346 g/mol. The van der Waals surface area contributed by atoms with Crippen LogP contribution in [0.15, 0.2) is 24.5 Å². The van der Waals surface area contributed by atoms with E-state index in [-0.39, 0.29) is 17.4 Å². The topological polar surface area (TPSA) is 58.1 Å². The predicted octanol–water partition coefficient (Wildman–Crippen LogP) is 3.41. The third-order valence-corrected chi connectivity index (χ3v) is 4.40. The average Bonchev–Trinajstić information content (AvgIpc) is 2.53. The fraction of sp³-hybridized carbons (Fsp3) is 0.500. The largest absolute Gasteiger partial charge is 0.355 e. The molecular weight excluding hydrogens is 324 g/mol. The lowest BCUT2D eigenvalue weighted by atomic mass is 9.95. The molecule has 1 atom stereocenters. The van der Waals surface area contributed by atoms with Crippen LogP contribution in [-0.4, -0.2) is 34.5 Å². The standard InChI is InChI=1S/C18H23ClN4O/c1-18(2,3)22-17(24)12-5-4-8-23(10-12)16-14-9-13(19)6-7-15(14)20-11-21-16/h6-7,9,11-12H,4-5,8,10H2,1-3H3,(H,22,24). The van der Waals surface area contributed by atoms with Crippen LogP contribution in [-0.2, 0) is 4.79 Å². The van der Waals surface area contributed by atoms with Crippen LogP contribution in [0.3, 0.4) is 0 Å². The van der Waals surface area contributed by atoms with Crippen molar-refractivity contribution in [3.63, 3.8) is 0 Å². The van der Waals surface area contributed by atoms with E-state index in [0.717, 1.165) is 36.1 Å². The van der Waals surface area contributed by atoms with E-state index in [1.54, 1.807) is 6.33 Å². The maximum absolute atomic E-state index is 12.5. The van der Waals surface area contributed by atoms with Crippen molar-refractivity contribution in [1.82, 2.24) is 15.3 Å². The number of piperidine rings is 1. The minimum Gasteiger partial charge on any atom is -0.355 e. The molecule has 0 bridgehead atoms. The van der Waals surface area contributed by atoms with Crippen molar-refractivity contribution in [2.75, 3.05) is 18.0 Å². The Kier molecular flexibility index (Phi) is 4.63. The van der Waals surface area contributed by atoms with Gasteiger partial charge in [0.15, 0.2) is 0 Å². The van der Waals surface area contributed by atoms with Crippen LogP contribution < -0.4 is 10.2 Å². The summed E-state index contributed by atoms with van der Waals surface area (Å²) >= 11 is 6.14. The minimum absolute atomic E-state index is 0.0258. The van der Waals surface area contributed by atoms with Gasteiger partial charge in [-0.1, -0.05) is 11.6 Å². The predicted molar refractivity (Wildman–Crippen MR) is 97.4 cm³/mol. The van der Waals surface area contributed by atoms with Gasteiger partial charge in [0.1, 0.15) is 12.1 Å². The molecule has 2 aromatic rings. The molecule has 6 heteroatoms. The van der Waals surface area contributed by atoms with Gasteiger partial charge in [0, 0.05) is 29.0 Å². The van der Waals surface area contributed by atoms with Gasteiger partial charge in [-0.05, 0) is 51.8 Å². The van der Waals surface area contributed by atoms with Crippen LogP contribution in [0.5, 0.6) is 0 Å². The molecular formula is C18H23ClN4O. The van der Waals surface area contributed by atoms with Crippen LogP contribution in [0.4, 0.5) is 5.82 Å². The Hall–Kier alpha value is -1.88. The van der Waals surface area contributed by atoms with Gasteiger partial charge in [-0.2, -0.15) is 0 Å². The number of carbonyl (C=O) groups excluding carboxylic acids is 1. The van der Waals surface area contributed by atoms with Gasteiger partial charge in [0.2, 0.25) is 5.91 Å². The molecule has 2 heterocycles. The SMILES string of the molecule is CC(C)(C)NC(=O)C1CCCN(c2ncnc3ccc(Cl)cc23)C1. The fourth-order valence-corrected chi connectivity index (χ4v) is 3.29. The third-order valence-electron chi connectivity index (χ3n) is 4.17. The molecule has 0 saturated carbocycles. The van der Waals surface area contributed by atoms with Crippen molar-refractivity contribution in [3.05, 3.63) is 29.5 Å². The van der Waals surface area contributed by atoms with Crippen LogP contribution in [0, 0.1) is 5.92 Å². The van der Waals surface area contributed by atoms with E-state index in [1.807, 2.05) is 39.0 Å². The maximum Gasteiger partial charge on any atom is 0.225 e. The van der Waals surface area contributed by atoms with Crippen molar-refractivity contribution in [1.29, 1.82) is 0 Å². The summed E-state index contributed by atoms with van der Waals surface area (Å²) in [5.41, 5.74) is 0.653. The first-order chi connectivity index (χ1) is 11.3. The maximum atomic E-state index is 12.5. The zero-order valence-corrected chi connectivity index (χ0v) is 15.1. The second-order valence-corrected chi connectivity index (χ2v) is 7.82. The molecule has 1 amide bonds. The number of halogens is 1. The second kappa shape index (κ2) is 6.55. The Morgan fingerprint density at radius 2 is 2.12 bits per heavy atom. The van der Waals surface area contributed by atoms with E-state index in [2.05, 4.69) is 20.2 Å². The molecule has 1 aliphatic rings. The van der Waals surface area contributed by atoms with Gasteiger partial charge in [-0.3, -0.25) is 4.79 Å². The number of fused-ring (bicyclic) bond motifs is 1. The summed E-state index contributed by atoms with van der Waals surface area (Å²) < 4.78 is 0. The average molecular weight is 347 g/mol. The highest BCUT2D eigenvalue weighted by atomic mass is 35.5. The number of aromatic nitrogens is 2. The van der Waals surface area contributed by atoms with Gasteiger partial charge >= 0.3 is 0 Å². The van der Waals surface area contributed by atoms with Gasteiger partial charge in [-0.15, -0.1) is 0 Å². The van der Waals surface area contributed by atoms with Crippen molar-refractivity contribution < 1.29 is 4.79 Å². The number of amides is 1. The van der Waals surface area contributed by atoms with Gasteiger partial charge in [0.05, 0.1) is 11.4 Å². The van der Waals surface area contributed by atoms with Crippen molar-refractivity contribution in [2.45, 2.75) is 39.2 Å². The Labute approximate surface area is 147 Å². The van der Waals surface area contributed by atoms with E-state index in [4.69, 9.17) is 11.6 Å². The number of rotatable bonds is 2. The molecule has 0 spiro atoms.